The van der Waals surface area contributed by atoms with Crippen molar-refractivity contribution in [2.75, 3.05) is 0 Å². The van der Waals surface area contributed by atoms with Crippen LogP contribution in [0.15, 0.2) is 60.7 Å². The first-order valence-corrected chi connectivity index (χ1v) is 10.5. The van der Waals surface area contributed by atoms with Crippen LogP contribution in [0.25, 0.3) is 0 Å². The molecule has 4 heteroatoms. The Balaban J connectivity index is 2.20. The van der Waals surface area contributed by atoms with E-state index in [1.165, 1.54) is 0 Å². The zero-order valence-electron chi connectivity index (χ0n) is 17.9. The molecule has 0 aliphatic heterocycles. The van der Waals surface area contributed by atoms with Gasteiger partial charge in [-0.05, 0) is 44.0 Å². The maximum atomic E-state index is 12.7. The predicted molar refractivity (Wildman–Crippen MR) is 115 cm³/mol. The molecule has 3 atom stereocenters. The van der Waals surface area contributed by atoms with E-state index in [9.17, 15) is 9.59 Å². The molecule has 156 valence electrons. The number of carbonyl (C=O) groups is 2. The van der Waals surface area contributed by atoms with Crippen molar-refractivity contribution in [2.24, 2.45) is 5.92 Å². The van der Waals surface area contributed by atoms with Crippen molar-refractivity contribution >= 4 is 11.9 Å². The molecule has 0 radical (unpaired) electrons. The fourth-order valence-corrected chi connectivity index (χ4v) is 3.58. The van der Waals surface area contributed by atoms with Crippen LogP contribution in [0.2, 0.25) is 0 Å². The highest BCUT2D eigenvalue weighted by molar-refractivity contribution is 5.90. The zero-order valence-corrected chi connectivity index (χ0v) is 17.9. The summed E-state index contributed by atoms with van der Waals surface area (Å²) in [6.45, 7) is 8.07. The molecule has 0 heterocycles. The van der Waals surface area contributed by atoms with E-state index in [1.54, 1.807) is 24.3 Å². The van der Waals surface area contributed by atoms with Crippen LogP contribution < -0.4 is 0 Å². The minimum absolute atomic E-state index is 0.150. The molecular formula is C25H32O4. The Bertz CT molecular complexity index is 772. The van der Waals surface area contributed by atoms with Gasteiger partial charge in [-0.25, -0.2) is 9.59 Å². The normalized spacial score (nSPS) is 15.0. The molecule has 0 aliphatic carbocycles. The summed E-state index contributed by atoms with van der Waals surface area (Å²) in [5.74, 6) is -0.843. The first-order chi connectivity index (χ1) is 13.9. The summed E-state index contributed by atoms with van der Waals surface area (Å²) in [5.41, 5.74) is 0.313. The second-order valence-corrected chi connectivity index (χ2v) is 7.71. The first kappa shape index (κ1) is 22.7. The second-order valence-electron chi connectivity index (χ2n) is 7.71. The molecule has 0 bridgehead atoms. The van der Waals surface area contributed by atoms with Gasteiger partial charge in [-0.1, -0.05) is 70.0 Å². The van der Waals surface area contributed by atoms with Crippen molar-refractivity contribution in [3.8, 4) is 0 Å². The van der Waals surface area contributed by atoms with Gasteiger partial charge in [0.15, 0.2) is 0 Å². The van der Waals surface area contributed by atoms with Crippen molar-refractivity contribution in [3.05, 3.63) is 71.8 Å². The molecule has 0 aliphatic rings. The van der Waals surface area contributed by atoms with Crippen molar-refractivity contribution in [3.63, 3.8) is 0 Å². The Kier molecular flexibility index (Phi) is 8.44. The standard InChI is InChI=1S/C25H32O4/c1-5-13-22(28-23(26)20-14-9-7-10-15-20)19(3)25(4,18-6-2)29-24(27)21-16-11-8-12-17-21/h7-12,14-17,19,22H,5-6,13,18H2,1-4H3. The molecule has 2 aromatic carbocycles. The molecule has 0 N–H and O–H groups in total. The fraction of sp³-hybridized carbons (Fsp3) is 0.440. The van der Waals surface area contributed by atoms with Crippen molar-refractivity contribution in [2.45, 2.75) is 65.1 Å². The third kappa shape index (κ3) is 6.18. The van der Waals surface area contributed by atoms with Gasteiger partial charge in [-0.2, -0.15) is 0 Å². The van der Waals surface area contributed by atoms with Gasteiger partial charge in [0, 0.05) is 5.92 Å². The highest BCUT2D eigenvalue weighted by Crippen LogP contribution is 2.34. The maximum absolute atomic E-state index is 12.7. The van der Waals surface area contributed by atoms with E-state index in [-0.39, 0.29) is 24.0 Å². The third-order valence-corrected chi connectivity index (χ3v) is 5.44. The highest BCUT2D eigenvalue weighted by atomic mass is 16.6. The summed E-state index contributed by atoms with van der Waals surface area (Å²) in [7, 11) is 0. The van der Waals surface area contributed by atoms with Gasteiger partial charge in [0.05, 0.1) is 11.1 Å². The van der Waals surface area contributed by atoms with Crippen LogP contribution in [0.3, 0.4) is 0 Å². The Morgan fingerprint density at radius 1 is 0.862 bits per heavy atom. The van der Waals surface area contributed by atoms with Gasteiger partial charge in [0.25, 0.3) is 0 Å². The molecule has 2 rings (SSSR count). The van der Waals surface area contributed by atoms with Gasteiger partial charge < -0.3 is 9.47 Å². The number of ether oxygens (including phenoxy) is 2. The second kappa shape index (κ2) is 10.8. The number of benzene rings is 2. The Hall–Kier alpha value is -2.62. The van der Waals surface area contributed by atoms with E-state index in [4.69, 9.17) is 9.47 Å². The van der Waals surface area contributed by atoms with E-state index in [2.05, 4.69) is 13.8 Å². The molecule has 0 amide bonds. The lowest BCUT2D eigenvalue weighted by molar-refractivity contribution is -0.0819. The van der Waals surface area contributed by atoms with Gasteiger partial charge in [-0.3, -0.25) is 0 Å². The van der Waals surface area contributed by atoms with Crippen LogP contribution in [-0.4, -0.2) is 23.6 Å². The maximum Gasteiger partial charge on any atom is 0.338 e. The van der Waals surface area contributed by atoms with Gasteiger partial charge in [0.1, 0.15) is 11.7 Å². The van der Waals surface area contributed by atoms with Crippen LogP contribution in [0.4, 0.5) is 0 Å². The fourth-order valence-electron chi connectivity index (χ4n) is 3.58. The number of rotatable bonds is 10. The smallest absolute Gasteiger partial charge is 0.338 e. The Labute approximate surface area is 174 Å². The zero-order chi connectivity index (χ0) is 21.3. The lowest BCUT2D eigenvalue weighted by Crippen LogP contribution is -2.45. The summed E-state index contributed by atoms with van der Waals surface area (Å²) in [5, 5.41) is 0. The summed E-state index contributed by atoms with van der Waals surface area (Å²) in [6.07, 6.45) is 2.78. The largest absolute Gasteiger partial charge is 0.458 e. The minimum Gasteiger partial charge on any atom is -0.458 e. The van der Waals surface area contributed by atoms with Crippen molar-refractivity contribution in [1.82, 2.24) is 0 Å². The van der Waals surface area contributed by atoms with Crippen LogP contribution >= 0.6 is 0 Å². The Morgan fingerprint density at radius 2 is 1.38 bits per heavy atom. The molecular weight excluding hydrogens is 364 g/mol. The molecule has 29 heavy (non-hydrogen) atoms. The third-order valence-electron chi connectivity index (χ3n) is 5.44. The molecule has 0 fully saturated rings. The average Bonchev–Trinajstić information content (AvgIpc) is 2.74. The average molecular weight is 397 g/mol. The van der Waals surface area contributed by atoms with Crippen molar-refractivity contribution in [1.29, 1.82) is 0 Å². The summed E-state index contributed by atoms with van der Waals surface area (Å²) >= 11 is 0. The summed E-state index contributed by atoms with van der Waals surface area (Å²) < 4.78 is 11.9. The van der Waals surface area contributed by atoms with E-state index in [1.807, 2.05) is 50.2 Å². The number of esters is 2. The van der Waals surface area contributed by atoms with Crippen molar-refractivity contribution < 1.29 is 19.1 Å². The SMILES string of the molecule is CCCC(OC(=O)c1ccccc1)C(C)C(C)(CCC)OC(=O)c1ccccc1. The molecule has 0 saturated heterocycles. The number of hydrogen-bond donors (Lipinski definition) is 0. The molecule has 0 saturated carbocycles. The van der Waals surface area contributed by atoms with Crippen LogP contribution in [0.1, 0.15) is 74.1 Å². The topological polar surface area (TPSA) is 52.6 Å². The number of carbonyl (C=O) groups excluding carboxylic acids is 2. The molecule has 3 unspecified atom stereocenters. The van der Waals surface area contributed by atoms with Crippen LogP contribution in [-0.2, 0) is 9.47 Å². The Morgan fingerprint density at radius 3 is 1.86 bits per heavy atom. The first-order valence-electron chi connectivity index (χ1n) is 10.5. The molecule has 0 spiro atoms. The predicted octanol–water partition coefficient (Wildman–Crippen LogP) is 6.06. The van der Waals surface area contributed by atoms with Crippen LogP contribution in [0, 0.1) is 5.92 Å². The molecule has 2 aromatic rings. The highest BCUT2D eigenvalue weighted by Gasteiger charge is 2.40. The van der Waals surface area contributed by atoms with Crippen LogP contribution in [0.5, 0.6) is 0 Å². The summed E-state index contributed by atoms with van der Waals surface area (Å²) in [4.78, 5) is 25.4. The lowest BCUT2D eigenvalue weighted by Gasteiger charge is -2.39. The molecule has 0 aromatic heterocycles. The van der Waals surface area contributed by atoms with Gasteiger partial charge >= 0.3 is 11.9 Å². The lowest BCUT2D eigenvalue weighted by atomic mass is 9.81. The quantitative estimate of drug-likeness (QED) is 0.458. The van der Waals surface area contributed by atoms with E-state index >= 15 is 0 Å². The van der Waals surface area contributed by atoms with E-state index in [0.717, 1.165) is 12.8 Å². The van der Waals surface area contributed by atoms with Gasteiger partial charge in [0.2, 0.25) is 0 Å². The monoisotopic (exact) mass is 396 g/mol. The molecule has 4 nitrogen and oxygen atoms in total. The number of hydrogen-bond acceptors (Lipinski definition) is 4. The summed E-state index contributed by atoms with van der Waals surface area (Å²) in [6, 6.07) is 18.0. The van der Waals surface area contributed by atoms with E-state index in [0.29, 0.717) is 24.0 Å². The van der Waals surface area contributed by atoms with Gasteiger partial charge in [-0.15, -0.1) is 0 Å². The van der Waals surface area contributed by atoms with E-state index < -0.39 is 5.60 Å². The minimum atomic E-state index is -0.738.